The van der Waals surface area contributed by atoms with E-state index in [0.717, 1.165) is 10.4 Å². The summed E-state index contributed by atoms with van der Waals surface area (Å²) in [5.41, 5.74) is 1.41. The summed E-state index contributed by atoms with van der Waals surface area (Å²) in [5.74, 6) is 2.63. The van der Waals surface area contributed by atoms with Crippen LogP contribution in [0.2, 0.25) is 0 Å². The molecule has 0 N–H and O–H groups in total. The highest BCUT2D eigenvalue weighted by Gasteiger charge is 2.16. The van der Waals surface area contributed by atoms with Crippen molar-refractivity contribution < 1.29 is 14.0 Å². The van der Waals surface area contributed by atoms with Gasteiger partial charge >= 0.3 is 0 Å². The topological polar surface area (TPSA) is 92.3 Å². The van der Waals surface area contributed by atoms with Crippen LogP contribution in [0.15, 0.2) is 74.5 Å². The minimum absolute atomic E-state index is 0.118. The van der Waals surface area contributed by atoms with Crippen LogP contribution < -0.4 is 15.0 Å². The fraction of sp³-hybridized carbons (Fsp3) is 0.167. The van der Waals surface area contributed by atoms with E-state index in [2.05, 4.69) is 10.1 Å². The molecule has 0 radical (unpaired) electrons. The number of rotatable bonds is 8. The SMILES string of the molecule is COc1ccc(Cn2c(SCc3nc(-c4cccs4)no3)nc3ccccc3c2=O)cc1OC. The van der Waals surface area contributed by atoms with E-state index in [0.29, 0.717) is 51.6 Å². The van der Waals surface area contributed by atoms with Crippen molar-refractivity contribution in [2.24, 2.45) is 0 Å². The fourth-order valence-corrected chi connectivity index (χ4v) is 4.99. The van der Waals surface area contributed by atoms with Crippen LogP contribution in [0, 0.1) is 0 Å². The molecule has 172 valence electrons. The number of nitrogens with zero attached hydrogens (tertiary/aromatic N) is 4. The molecule has 0 unspecified atom stereocenters. The van der Waals surface area contributed by atoms with Crippen molar-refractivity contribution in [1.82, 2.24) is 19.7 Å². The molecule has 0 amide bonds. The van der Waals surface area contributed by atoms with Gasteiger partial charge in [0.1, 0.15) is 0 Å². The number of para-hydroxylation sites is 1. The van der Waals surface area contributed by atoms with Gasteiger partial charge in [-0.05, 0) is 41.3 Å². The second-order valence-corrected chi connectivity index (χ2v) is 9.16. The average Bonchev–Trinajstić information content (AvgIpc) is 3.57. The number of thioether (sulfide) groups is 1. The number of hydrogen-bond acceptors (Lipinski definition) is 9. The lowest BCUT2D eigenvalue weighted by Gasteiger charge is -2.14. The lowest BCUT2D eigenvalue weighted by atomic mass is 10.2. The van der Waals surface area contributed by atoms with Gasteiger partial charge in [-0.2, -0.15) is 4.98 Å². The Morgan fingerprint density at radius 3 is 2.68 bits per heavy atom. The lowest BCUT2D eigenvalue weighted by molar-refractivity contribution is 0.354. The second-order valence-electron chi connectivity index (χ2n) is 7.27. The predicted octanol–water partition coefficient (Wildman–Crippen LogP) is 4.87. The molecule has 3 heterocycles. The monoisotopic (exact) mass is 492 g/mol. The van der Waals surface area contributed by atoms with E-state index in [1.54, 1.807) is 36.2 Å². The standard InChI is InChI=1S/C24H20N4O4S2/c1-30-18-10-9-15(12-19(18)31-2)13-28-23(29)16-6-3-4-7-17(16)25-24(28)34-14-21-26-22(27-32-21)20-8-5-11-33-20/h3-12H,13-14H2,1-2H3. The van der Waals surface area contributed by atoms with Crippen LogP contribution in [-0.2, 0) is 12.3 Å². The molecule has 0 aliphatic rings. The van der Waals surface area contributed by atoms with Crippen LogP contribution in [-0.4, -0.2) is 33.9 Å². The van der Waals surface area contributed by atoms with Crippen molar-refractivity contribution in [2.45, 2.75) is 17.5 Å². The highest BCUT2D eigenvalue weighted by Crippen LogP contribution is 2.29. The second kappa shape index (κ2) is 9.70. The Morgan fingerprint density at radius 1 is 1.03 bits per heavy atom. The summed E-state index contributed by atoms with van der Waals surface area (Å²) in [6, 6.07) is 16.8. The van der Waals surface area contributed by atoms with Crippen molar-refractivity contribution in [3.63, 3.8) is 0 Å². The molecular weight excluding hydrogens is 472 g/mol. The first kappa shape index (κ1) is 22.2. The van der Waals surface area contributed by atoms with Crippen molar-refractivity contribution in [1.29, 1.82) is 0 Å². The zero-order valence-electron chi connectivity index (χ0n) is 18.4. The normalized spacial score (nSPS) is 11.1. The maximum absolute atomic E-state index is 13.4. The van der Waals surface area contributed by atoms with E-state index >= 15 is 0 Å². The number of hydrogen-bond donors (Lipinski definition) is 0. The largest absolute Gasteiger partial charge is 0.493 e. The third kappa shape index (κ3) is 4.42. The van der Waals surface area contributed by atoms with Crippen LogP contribution in [0.1, 0.15) is 11.5 Å². The van der Waals surface area contributed by atoms with Gasteiger partial charge in [0.2, 0.25) is 11.7 Å². The molecule has 0 saturated carbocycles. The minimum Gasteiger partial charge on any atom is -0.493 e. The zero-order valence-corrected chi connectivity index (χ0v) is 20.1. The fourth-order valence-electron chi connectivity index (χ4n) is 3.50. The zero-order chi connectivity index (χ0) is 23.5. The molecule has 0 aliphatic carbocycles. The maximum atomic E-state index is 13.4. The highest BCUT2D eigenvalue weighted by atomic mass is 32.2. The molecule has 10 heteroatoms. The lowest BCUT2D eigenvalue weighted by Crippen LogP contribution is -2.24. The Balaban J connectivity index is 1.48. The number of benzene rings is 2. The molecule has 2 aromatic carbocycles. The van der Waals surface area contributed by atoms with Crippen molar-refractivity contribution >= 4 is 34.0 Å². The summed E-state index contributed by atoms with van der Waals surface area (Å²) < 4.78 is 17.8. The minimum atomic E-state index is -0.118. The maximum Gasteiger partial charge on any atom is 0.262 e. The summed E-state index contributed by atoms with van der Waals surface area (Å²) in [7, 11) is 3.17. The van der Waals surface area contributed by atoms with Crippen LogP contribution in [0.3, 0.4) is 0 Å². The van der Waals surface area contributed by atoms with E-state index in [1.165, 1.54) is 11.8 Å². The number of thiophene rings is 1. The molecule has 0 saturated heterocycles. The highest BCUT2D eigenvalue weighted by molar-refractivity contribution is 7.98. The van der Waals surface area contributed by atoms with E-state index in [1.807, 2.05) is 53.9 Å². The Kier molecular flexibility index (Phi) is 6.33. The van der Waals surface area contributed by atoms with Gasteiger partial charge in [-0.15, -0.1) is 11.3 Å². The molecule has 0 aliphatic heterocycles. The number of aromatic nitrogens is 4. The molecular formula is C24H20N4O4S2. The van der Waals surface area contributed by atoms with E-state index in [9.17, 15) is 4.79 Å². The van der Waals surface area contributed by atoms with Gasteiger partial charge in [0, 0.05) is 0 Å². The Bertz CT molecular complexity index is 1490. The summed E-state index contributed by atoms with van der Waals surface area (Å²) in [4.78, 5) is 23.6. The summed E-state index contributed by atoms with van der Waals surface area (Å²) in [5, 5.41) is 7.15. The molecule has 5 aromatic rings. The summed E-state index contributed by atoms with van der Waals surface area (Å²) in [6.45, 7) is 0.323. The van der Waals surface area contributed by atoms with E-state index in [-0.39, 0.29) is 5.56 Å². The van der Waals surface area contributed by atoms with Gasteiger partial charge in [-0.1, -0.05) is 41.2 Å². The molecule has 0 spiro atoms. The van der Waals surface area contributed by atoms with Crippen molar-refractivity contribution in [3.8, 4) is 22.2 Å². The van der Waals surface area contributed by atoms with Crippen LogP contribution in [0.25, 0.3) is 21.6 Å². The average molecular weight is 493 g/mol. The summed E-state index contributed by atoms with van der Waals surface area (Å²) >= 11 is 2.93. The number of methoxy groups -OCH3 is 2. The van der Waals surface area contributed by atoms with Gasteiger partial charge in [0.05, 0.1) is 42.3 Å². The Labute approximate surface area is 203 Å². The van der Waals surface area contributed by atoms with Gasteiger partial charge in [-0.3, -0.25) is 9.36 Å². The van der Waals surface area contributed by atoms with Crippen LogP contribution in [0.5, 0.6) is 11.5 Å². The smallest absolute Gasteiger partial charge is 0.262 e. The molecule has 8 nitrogen and oxygen atoms in total. The van der Waals surface area contributed by atoms with Gasteiger partial charge in [-0.25, -0.2) is 4.98 Å². The quantitative estimate of drug-likeness (QED) is 0.224. The van der Waals surface area contributed by atoms with Gasteiger partial charge in [0.15, 0.2) is 16.7 Å². The van der Waals surface area contributed by atoms with Gasteiger partial charge in [0.25, 0.3) is 5.56 Å². The third-order valence-electron chi connectivity index (χ3n) is 5.15. The summed E-state index contributed by atoms with van der Waals surface area (Å²) in [6.07, 6.45) is 0. The Morgan fingerprint density at radius 2 is 1.88 bits per heavy atom. The molecule has 0 atom stereocenters. The number of ether oxygens (including phenoxy) is 2. The van der Waals surface area contributed by atoms with Crippen molar-refractivity contribution in [3.05, 3.63) is 81.8 Å². The molecule has 5 rings (SSSR count). The van der Waals surface area contributed by atoms with E-state index < -0.39 is 0 Å². The molecule has 3 aromatic heterocycles. The number of fused-ring (bicyclic) bond motifs is 1. The third-order valence-corrected chi connectivity index (χ3v) is 6.98. The van der Waals surface area contributed by atoms with E-state index in [4.69, 9.17) is 19.0 Å². The molecule has 0 fully saturated rings. The van der Waals surface area contributed by atoms with Crippen LogP contribution >= 0.6 is 23.1 Å². The predicted molar refractivity (Wildman–Crippen MR) is 132 cm³/mol. The first-order valence-corrected chi connectivity index (χ1v) is 12.2. The first-order chi connectivity index (χ1) is 16.7. The van der Waals surface area contributed by atoms with Crippen molar-refractivity contribution in [2.75, 3.05) is 14.2 Å². The molecule has 0 bridgehead atoms. The Hall–Kier alpha value is -3.63. The molecule has 34 heavy (non-hydrogen) atoms. The van der Waals surface area contributed by atoms with Gasteiger partial charge < -0.3 is 14.0 Å². The van der Waals surface area contributed by atoms with Crippen LogP contribution in [0.4, 0.5) is 0 Å². The first-order valence-electron chi connectivity index (χ1n) is 10.4.